The zero-order chi connectivity index (χ0) is 33.5. The number of fused-ring (bicyclic) bond motifs is 10. The van der Waals surface area contributed by atoms with Crippen molar-refractivity contribution >= 4 is 65.4 Å². The van der Waals surface area contributed by atoms with Crippen molar-refractivity contribution < 1.29 is 0 Å². The molecule has 0 atom stereocenters. The highest BCUT2D eigenvalue weighted by Gasteiger charge is 2.21. The Morgan fingerprint density at radius 1 is 0.255 bits per heavy atom. The molecule has 0 saturated heterocycles. The number of benzene rings is 8. The van der Waals surface area contributed by atoms with Gasteiger partial charge in [-0.1, -0.05) is 127 Å². The fourth-order valence-corrected chi connectivity index (χ4v) is 8.46. The van der Waals surface area contributed by atoms with Crippen molar-refractivity contribution in [3.8, 4) is 28.2 Å². The summed E-state index contributed by atoms with van der Waals surface area (Å²) < 4.78 is 7.32. The molecule has 0 aliphatic heterocycles. The van der Waals surface area contributed by atoms with Crippen LogP contribution in [0.2, 0.25) is 0 Å². The van der Waals surface area contributed by atoms with E-state index in [1.165, 1.54) is 76.5 Å². The molecule has 0 amide bonds. The lowest BCUT2D eigenvalue weighted by Crippen LogP contribution is -1.99. The van der Waals surface area contributed by atoms with Gasteiger partial charge in [0.1, 0.15) is 0 Å². The zero-order valence-corrected chi connectivity index (χ0v) is 27.7. The molecule has 3 heteroatoms. The standard InChI is InChI=1S/C48H31N3/c1-2-13-32(14-3-1)33-25-27-34(28-26-33)49-45-24-11-7-20-41(45)47-46(49)30-29-40-39-19-6-10-23-44(39)51(48(40)47)36-16-12-15-35(31-36)50-42-21-8-4-17-37(42)38-18-5-9-22-43(38)50/h1-31H. The number of rotatable bonds is 4. The van der Waals surface area contributed by atoms with Crippen molar-refractivity contribution in [1.82, 2.24) is 13.7 Å². The summed E-state index contributed by atoms with van der Waals surface area (Å²) in [6, 6.07) is 68.4. The van der Waals surface area contributed by atoms with E-state index in [9.17, 15) is 0 Å². The third-order valence-electron chi connectivity index (χ3n) is 10.6. The van der Waals surface area contributed by atoms with Gasteiger partial charge in [0.15, 0.2) is 0 Å². The highest BCUT2D eigenvalue weighted by Crippen LogP contribution is 2.42. The Labute approximate surface area is 294 Å². The fourth-order valence-electron chi connectivity index (χ4n) is 8.46. The molecule has 11 aromatic rings. The van der Waals surface area contributed by atoms with Crippen LogP contribution in [0.1, 0.15) is 0 Å². The predicted molar refractivity (Wildman–Crippen MR) is 215 cm³/mol. The first kappa shape index (κ1) is 28.0. The Kier molecular flexibility index (Phi) is 5.96. The number of nitrogens with zero attached hydrogens (tertiary/aromatic N) is 3. The summed E-state index contributed by atoms with van der Waals surface area (Å²) in [4.78, 5) is 0. The van der Waals surface area contributed by atoms with Gasteiger partial charge >= 0.3 is 0 Å². The van der Waals surface area contributed by atoms with E-state index < -0.39 is 0 Å². The lowest BCUT2D eigenvalue weighted by atomic mass is 10.1. The van der Waals surface area contributed by atoms with Gasteiger partial charge in [-0.25, -0.2) is 0 Å². The van der Waals surface area contributed by atoms with E-state index in [0.29, 0.717) is 0 Å². The average molecular weight is 650 g/mol. The summed E-state index contributed by atoms with van der Waals surface area (Å²) in [6.45, 7) is 0. The first-order valence-corrected chi connectivity index (χ1v) is 17.5. The Hall–Kier alpha value is -6.84. The molecule has 11 rings (SSSR count). The Balaban J connectivity index is 1.20. The maximum Gasteiger partial charge on any atom is 0.0641 e. The molecule has 0 radical (unpaired) electrons. The average Bonchev–Trinajstić information content (AvgIpc) is 3.84. The molecule has 3 nitrogen and oxygen atoms in total. The highest BCUT2D eigenvalue weighted by molar-refractivity contribution is 6.26. The summed E-state index contributed by atoms with van der Waals surface area (Å²) in [5.41, 5.74) is 13.1. The van der Waals surface area contributed by atoms with E-state index in [0.717, 1.165) is 17.1 Å². The maximum absolute atomic E-state index is 2.49. The monoisotopic (exact) mass is 649 g/mol. The number of hydrogen-bond acceptors (Lipinski definition) is 0. The van der Waals surface area contributed by atoms with Crippen LogP contribution in [0.15, 0.2) is 188 Å². The summed E-state index contributed by atoms with van der Waals surface area (Å²) in [5.74, 6) is 0. The van der Waals surface area contributed by atoms with Crippen LogP contribution in [0.25, 0.3) is 93.6 Å². The molecule has 0 aliphatic rings. The van der Waals surface area contributed by atoms with E-state index in [2.05, 4.69) is 202 Å². The summed E-state index contributed by atoms with van der Waals surface area (Å²) >= 11 is 0. The van der Waals surface area contributed by atoms with Crippen LogP contribution in [-0.2, 0) is 0 Å². The SMILES string of the molecule is c1ccc(-c2ccc(-n3c4ccccc4c4c3ccc3c5ccccc5n(-c5cccc(-n6c7ccccc7c7ccccc76)c5)c34)cc2)cc1. The lowest BCUT2D eigenvalue weighted by Gasteiger charge is -2.13. The maximum atomic E-state index is 2.49. The molecule has 8 aromatic carbocycles. The van der Waals surface area contributed by atoms with E-state index >= 15 is 0 Å². The predicted octanol–water partition coefficient (Wildman–Crippen LogP) is 12.6. The van der Waals surface area contributed by atoms with Crippen molar-refractivity contribution in [2.45, 2.75) is 0 Å². The van der Waals surface area contributed by atoms with Gasteiger partial charge in [0.2, 0.25) is 0 Å². The number of para-hydroxylation sites is 4. The topological polar surface area (TPSA) is 14.8 Å². The van der Waals surface area contributed by atoms with Gasteiger partial charge in [-0.15, -0.1) is 0 Å². The van der Waals surface area contributed by atoms with Crippen LogP contribution in [0.3, 0.4) is 0 Å². The first-order valence-electron chi connectivity index (χ1n) is 17.5. The van der Waals surface area contributed by atoms with Crippen LogP contribution in [0, 0.1) is 0 Å². The van der Waals surface area contributed by atoms with Crippen LogP contribution in [0.5, 0.6) is 0 Å². The van der Waals surface area contributed by atoms with Crippen LogP contribution < -0.4 is 0 Å². The molecule has 3 heterocycles. The highest BCUT2D eigenvalue weighted by atomic mass is 15.0. The minimum absolute atomic E-state index is 1.14. The van der Waals surface area contributed by atoms with Gasteiger partial charge in [-0.05, 0) is 71.8 Å². The Bertz CT molecular complexity index is 3070. The third-order valence-corrected chi connectivity index (χ3v) is 10.6. The van der Waals surface area contributed by atoms with E-state index in [-0.39, 0.29) is 0 Å². The molecule has 0 fully saturated rings. The second kappa shape index (κ2) is 10.8. The van der Waals surface area contributed by atoms with E-state index in [1.807, 2.05) is 0 Å². The Morgan fingerprint density at radius 3 is 1.37 bits per heavy atom. The van der Waals surface area contributed by atoms with Crippen molar-refractivity contribution in [3.05, 3.63) is 188 Å². The Morgan fingerprint density at radius 2 is 0.725 bits per heavy atom. The largest absolute Gasteiger partial charge is 0.309 e. The van der Waals surface area contributed by atoms with Gasteiger partial charge in [-0.3, -0.25) is 0 Å². The van der Waals surface area contributed by atoms with E-state index in [1.54, 1.807) is 0 Å². The third kappa shape index (κ3) is 4.06. The molecule has 0 saturated carbocycles. The van der Waals surface area contributed by atoms with Gasteiger partial charge in [0.05, 0.1) is 33.1 Å². The van der Waals surface area contributed by atoms with Gasteiger partial charge in [-0.2, -0.15) is 0 Å². The molecule has 238 valence electrons. The van der Waals surface area contributed by atoms with E-state index in [4.69, 9.17) is 0 Å². The van der Waals surface area contributed by atoms with Gasteiger partial charge in [0.25, 0.3) is 0 Å². The summed E-state index contributed by atoms with van der Waals surface area (Å²) in [6.07, 6.45) is 0. The fraction of sp³-hybridized carbons (Fsp3) is 0. The quantitative estimate of drug-likeness (QED) is 0.180. The van der Waals surface area contributed by atoms with Gasteiger partial charge < -0.3 is 13.7 Å². The van der Waals surface area contributed by atoms with Crippen LogP contribution in [-0.4, -0.2) is 13.7 Å². The van der Waals surface area contributed by atoms with Crippen molar-refractivity contribution in [2.75, 3.05) is 0 Å². The second-order valence-corrected chi connectivity index (χ2v) is 13.4. The summed E-state index contributed by atoms with van der Waals surface area (Å²) in [5, 5.41) is 7.54. The lowest BCUT2D eigenvalue weighted by molar-refractivity contribution is 1.14. The molecule has 0 aliphatic carbocycles. The first-order chi connectivity index (χ1) is 25.3. The van der Waals surface area contributed by atoms with Gasteiger partial charge in [0, 0.05) is 49.4 Å². The molecule has 3 aromatic heterocycles. The van der Waals surface area contributed by atoms with Crippen molar-refractivity contribution in [2.24, 2.45) is 0 Å². The molecule has 0 spiro atoms. The zero-order valence-electron chi connectivity index (χ0n) is 27.7. The van der Waals surface area contributed by atoms with Crippen LogP contribution in [0.4, 0.5) is 0 Å². The smallest absolute Gasteiger partial charge is 0.0641 e. The molecular weight excluding hydrogens is 619 g/mol. The minimum atomic E-state index is 1.14. The van der Waals surface area contributed by atoms with Crippen molar-refractivity contribution in [1.29, 1.82) is 0 Å². The van der Waals surface area contributed by atoms with Crippen molar-refractivity contribution in [3.63, 3.8) is 0 Å². The summed E-state index contributed by atoms with van der Waals surface area (Å²) in [7, 11) is 0. The number of hydrogen-bond donors (Lipinski definition) is 0. The molecular formula is C48H31N3. The minimum Gasteiger partial charge on any atom is -0.309 e. The molecule has 0 unspecified atom stereocenters. The molecule has 0 bridgehead atoms. The molecule has 0 N–H and O–H groups in total. The number of aromatic nitrogens is 3. The second-order valence-electron chi connectivity index (χ2n) is 13.4. The molecule has 51 heavy (non-hydrogen) atoms. The van der Waals surface area contributed by atoms with Crippen LogP contribution >= 0.6 is 0 Å². The normalized spacial score (nSPS) is 11.9.